The van der Waals surface area contributed by atoms with Crippen molar-refractivity contribution < 1.29 is 40.7 Å². The van der Waals surface area contributed by atoms with Gasteiger partial charge in [-0.25, -0.2) is 10.1 Å². The summed E-state index contributed by atoms with van der Waals surface area (Å²) < 4.78 is 84.7. The Morgan fingerprint density at radius 3 is 2.56 bits per heavy atom. The van der Waals surface area contributed by atoms with E-state index in [4.69, 9.17) is 4.74 Å². The number of hydrogen-bond donors (Lipinski definition) is 2. The zero-order chi connectivity index (χ0) is 30.1. The third-order valence-electron chi connectivity index (χ3n) is 6.73. The van der Waals surface area contributed by atoms with Gasteiger partial charge in [0.1, 0.15) is 11.4 Å². The molecule has 0 saturated carbocycles. The van der Waals surface area contributed by atoms with Gasteiger partial charge >= 0.3 is 12.4 Å². The number of ether oxygens (including phenoxy) is 1. The normalized spacial score (nSPS) is 18.5. The molecule has 1 saturated heterocycles. The van der Waals surface area contributed by atoms with E-state index in [1.807, 2.05) is 0 Å². The lowest BCUT2D eigenvalue weighted by Crippen LogP contribution is -2.57. The predicted octanol–water partition coefficient (Wildman–Crippen LogP) is 2.21. The molecule has 4 rings (SSSR count). The average molecular weight is 592 g/mol. The molecule has 11 nitrogen and oxygen atoms in total. The van der Waals surface area contributed by atoms with Crippen molar-refractivity contribution >= 4 is 23.3 Å². The summed E-state index contributed by atoms with van der Waals surface area (Å²) in [7, 11) is 1.47. The first kappa shape index (κ1) is 30.1. The molecule has 2 aliphatic rings. The zero-order valence-electron chi connectivity index (χ0n) is 22.0. The van der Waals surface area contributed by atoms with E-state index < -0.39 is 52.7 Å². The number of halogens is 6. The second-order valence-corrected chi connectivity index (χ2v) is 9.82. The predicted molar refractivity (Wildman–Crippen MR) is 132 cm³/mol. The summed E-state index contributed by atoms with van der Waals surface area (Å²) in [5.41, 5.74) is -4.46. The molecule has 2 atom stereocenters. The monoisotopic (exact) mass is 591 g/mol. The third-order valence-corrected chi connectivity index (χ3v) is 6.73. The zero-order valence-corrected chi connectivity index (χ0v) is 22.0. The molecule has 0 aromatic carbocycles. The number of pyridine rings is 1. The molecule has 1 fully saturated rings. The number of rotatable bonds is 7. The van der Waals surface area contributed by atoms with Gasteiger partial charge in [-0.05, 0) is 13.0 Å². The first-order valence-electron chi connectivity index (χ1n) is 12.5. The van der Waals surface area contributed by atoms with Crippen LogP contribution >= 0.6 is 0 Å². The first-order valence-corrected chi connectivity index (χ1v) is 12.5. The summed E-state index contributed by atoms with van der Waals surface area (Å²) in [6, 6.07) is -0.254. The number of aromatic nitrogens is 3. The molecule has 2 aromatic rings. The van der Waals surface area contributed by atoms with Gasteiger partial charge < -0.3 is 24.8 Å². The van der Waals surface area contributed by atoms with Gasteiger partial charge in [-0.1, -0.05) is 0 Å². The first-order chi connectivity index (χ1) is 19.2. The fourth-order valence-corrected chi connectivity index (χ4v) is 4.79. The number of alkyl halides is 6. The Labute approximate surface area is 229 Å². The highest BCUT2D eigenvalue weighted by Gasteiger charge is 2.40. The van der Waals surface area contributed by atoms with Crippen molar-refractivity contribution in [2.75, 3.05) is 56.7 Å². The van der Waals surface area contributed by atoms with Gasteiger partial charge in [-0.15, -0.1) is 0 Å². The number of amides is 2. The van der Waals surface area contributed by atoms with Gasteiger partial charge in [0, 0.05) is 45.5 Å². The fourth-order valence-electron chi connectivity index (χ4n) is 4.79. The van der Waals surface area contributed by atoms with Crippen LogP contribution in [0.15, 0.2) is 23.3 Å². The number of piperazine rings is 1. The van der Waals surface area contributed by atoms with E-state index in [1.54, 1.807) is 14.9 Å². The Morgan fingerprint density at radius 1 is 1.15 bits per heavy atom. The number of fused-ring (bicyclic) bond motifs is 3. The maximum absolute atomic E-state index is 13.2. The van der Waals surface area contributed by atoms with Crippen LogP contribution < -0.4 is 15.8 Å². The molecule has 17 heteroatoms. The third kappa shape index (κ3) is 6.71. The molecular weight excluding hydrogens is 564 g/mol. The highest BCUT2D eigenvalue weighted by molar-refractivity contribution is 5.99. The molecule has 0 spiro atoms. The Balaban J connectivity index is 1.31. The Hall–Kier alpha value is -3.89. The van der Waals surface area contributed by atoms with E-state index in [-0.39, 0.29) is 63.1 Å². The number of carbonyl (C=O) groups excluding carboxylic acids is 2. The summed E-state index contributed by atoms with van der Waals surface area (Å²) in [6.45, 7) is 2.29. The van der Waals surface area contributed by atoms with E-state index in [1.165, 1.54) is 18.9 Å². The standard InChI is InChI=1S/C24H27F6N7O4/c1-13(33-17-9-32-34-21(39)19(17)24(28,29)30)12-41-6-3-18(38)36-4-5-37-15(11-36)10-35(2)22(40)16-7-14(23(25,26)27)8-31-20(16)37/h7-9,13,15H,3-6,10-12H2,1-2H3,(H2,33,34,39)/t13-,15-/m0/s1. The molecular formula is C24H27F6N7O4. The Bertz CT molecular complexity index is 1350. The number of H-pyrrole nitrogens is 1. The maximum atomic E-state index is 13.2. The second-order valence-electron chi connectivity index (χ2n) is 9.82. The summed E-state index contributed by atoms with van der Waals surface area (Å²) >= 11 is 0. The largest absolute Gasteiger partial charge is 0.423 e. The number of carbonyl (C=O) groups is 2. The molecule has 2 amide bonds. The van der Waals surface area contributed by atoms with Crippen LogP contribution in [-0.2, 0) is 21.9 Å². The highest BCUT2D eigenvalue weighted by atomic mass is 19.4. The smallest absolute Gasteiger partial charge is 0.379 e. The average Bonchev–Trinajstić information content (AvgIpc) is 2.98. The van der Waals surface area contributed by atoms with Crippen molar-refractivity contribution in [3.63, 3.8) is 0 Å². The lowest BCUT2D eigenvalue weighted by molar-refractivity contribution is -0.138. The van der Waals surface area contributed by atoms with Crippen LogP contribution in [0.2, 0.25) is 0 Å². The van der Waals surface area contributed by atoms with E-state index in [0.717, 1.165) is 12.3 Å². The molecule has 0 radical (unpaired) electrons. The topological polar surface area (TPSA) is 124 Å². The van der Waals surface area contributed by atoms with Crippen LogP contribution in [-0.4, -0.2) is 95.3 Å². The van der Waals surface area contributed by atoms with Crippen molar-refractivity contribution in [2.24, 2.45) is 0 Å². The van der Waals surface area contributed by atoms with Crippen LogP contribution in [0.3, 0.4) is 0 Å². The van der Waals surface area contributed by atoms with Gasteiger partial charge in [-0.2, -0.15) is 31.4 Å². The summed E-state index contributed by atoms with van der Waals surface area (Å²) in [4.78, 5) is 45.8. The summed E-state index contributed by atoms with van der Waals surface area (Å²) in [5.74, 6) is -0.721. The van der Waals surface area contributed by atoms with Crippen LogP contribution in [0.1, 0.15) is 34.8 Å². The summed E-state index contributed by atoms with van der Waals surface area (Å²) in [5, 5.41) is 7.68. The molecule has 0 aliphatic carbocycles. The number of likely N-dealkylation sites (N-methyl/N-ethyl adjacent to an activating group) is 1. The van der Waals surface area contributed by atoms with Crippen LogP contribution in [0.5, 0.6) is 0 Å². The minimum absolute atomic E-state index is 0.0293. The minimum atomic E-state index is -4.89. The molecule has 4 heterocycles. The van der Waals surface area contributed by atoms with Crippen molar-refractivity contribution in [1.29, 1.82) is 0 Å². The fraction of sp³-hybridized carbons (Fsp3) is 0.542. The summed E-state index contributed by atoms with van der Waals surface area (Å²) in [6.07, 6.45) is -8.03. The van der Waals surface area contributed by atoms with E-state index >= 15 is 0 Å². The molecule has 2 aliphatic heterocycles. The van der Waals surface area contributed by atoms with Crippen molar-refractivity contribution in [2.45, 2.75) is 37.8 Å². The lowest BCUT2D eigenvalue weighted by Gasteiger charge is -2.42. The molecule has 2 aromatic heterocycles. The number of nitrogens with zero attached hydrogens (tertiary/aromatic N) is 5. The number of anilines is 2. The Morgan fingerprint density at radius 2 is 1.88 bits per heavy atom. The maximum Gasteiger partial charge on any atom is 0.423 e. The number of nitrogens with one attached hydrogen (secondary N) is 2. The SMILES string of the molecule is C[C@@H](COCCC(=O)N1CCN2c3ncc(C(F)(F)F)cc3C(=O)N(C)C[C@H]2C1)Nc1cn[nH]c(=O)c1C(F)(F)F. The lowest BCUT2D eigenvalue weighted by atomic mass is 10.1. The van der Waals surface area contributed by atoms with Crippen molar-refractivity contribution in [3.8, 4) is 0 Å². The van der Waals surface area contributed by atoms with Crippen LogP contribution in [0.4, 0.5) is 37.8 Å². The Kier molecular flexibility index (Phi) is 8.46. The molecule has 41 heavy (non-hydrogen) atoms. The minimum Gasteiger partial charge on any atom is -0.379 e. The number of hydrogen-bond acceptors (Lipinski definition) is 8. The molecule has 224 valence electrons. The number of aromatic amines is 1. The van der Waals surface area contributed by atoms with Gasteiger partial charge in [0.2, 0.25) is 5.91 Å². The van der Waals surface area contributed by atoms with Crippen molar-refractivity contribution in [3.05, 3.63) is 45.5 Å². The van der Waals surface area contributed by atoms with Crippen LogP contribution in [0.25, 0.3) is 0 Å². The highest BCUT2D eigenvalue weighted by Crippen LogP contribution is 2.34. The van der Waals surface area contributed by atoms with Gasteiger partial charge in [0.15, 0.2) is 0 Å². The quantitative estimate of drug-likeness (QED) is 0.371. The van der Waals surface area contributed by atoms with Gasteiger partial charge in [0.25, 0.3) is 11.5 Å². The van der Waals surface area contributed by atoms with Crippen LogP contribution in [0, 0.1) is 0 Å². The second kappa shape index (κ2) is 11.5. The van der Waals surface area contributed by atoms with Gasteiger partial charge in [0.05, 0.1) is 48.7 Å². The van der Waals surface area contributed by atoms with E-state index in [9.17, 15) is 40.7 Å². The van der Waals surface area contributed by atoms with E-state index in [0.29, 0.717) is 6.20 Å². The molecule has 0 bridgehead atoms. The van der Waals surface area contributed by atoms with E-state index in [2.05, 4.69) is 15.4 Å². The molecule has 2 N–H and O–H groups in total. The van der Waals surface area contributed by atoms with Gasteiger partial charge in [-0.3, -0.25) is 14.4 Å². The van der Waals surface area contributed by atoms with Crippen molar-refractivity contribution in [1.82, 2.24) is 25.0 Å². The molecule has 0 unspecified atom stereocenters.